The summed E-state index contributed by atoms with van der Waals surface area (Å²) in [6.45, 7) is 12.2. The Hall–Kier alpha value is 0.0600. The van der Waals surface area contributed by atoms with E-state index in [0.717, 1.165) is 0 Å². The number of sulfone groups is 1. The van der Waals surface area contributed by atoms with Crippen LogP contribution in [0.4, 0.5) is 0 Å². The lowest BCUT2D eigenvalue weighted by Gasteiger charge is -2.35. The van der Waals surface area contributed by atoms with Gasteiger partial charge >= 0.3 is 0 Å². The Morgan fingerprint density at radius 2 is 1.50 bits per heavy atom. The number of rotatable bonds is 6. The van der Waals surface area contributed by atoms with E-state index in [-0.39, 0.29) is 11.7 Å². The molecule has 0 aromatic heterocycles. The molecule has 6 heteroatoms. The molecule has 0 aliphatic rings. The molecular formula is C12H26O4S2. The fraction of sp³-hybridized carbons (Fsp3) is 1.00. The molecule has 0 amide bonds. The van der Waals surface area contributed by atoms with E-state index in [1.165, 1.54) is 0 Å². The zero-order valence-corrected chi connectivity index (χ0v) is 14.0. The molecule has 0 bridgehead atoms. The van der Waals surface area contributed by atoms with Crippen LogP contribution >= 0.6 is 0 Å². The second kappa shape index (κ2) is 5.59. The van der Waals surface area contributed by atoms with Crippen molar-refractivity contribution in [2.24, 2.45) is 11.3 Å². The van der Waals surface area contributed by atoms with Crippen molar-refractivity contribution < 1.29 is 17.2 Å². The highest BCUT2D eigenvalue weighted by Crippen LogP contribution is 2.34. The molecule has 110 valence electrons. The van der Waals surface area contributed by atoms with Gasteiger partial charge in [0, 0.05) is 0 Å². The van der Waals surface area contributed by atoms with Gasteiger partial charge in [0.2, 0.25) is 0 Å². The third kappa shape index (κ3) is 3.78. The zero-order chi connectivity index (χ0) is 14.9. The van der Waals surface area contributed by atoms with Gasteiger partial charge in [0.25, 0.3) is 0 Å². The lowest BCUT2D eigenvalue weighted by molar-refractivity contribution is 0.374. The van der Waals surface area contributed by atoms with Crippen molar-refractivity contribution >= 4 is 20.9 Å². The minimum atomic E-state index is -3.34. The third-order valence-corrected chi connectivity index (χ3v) is 8.60. The van der Waals surface area contributed by atoms with Gasteiger partial charge in [-0.15, -0.1) is 0 Å². The molecule has 2 atom stereocenters. The zero-order valence-electron chi connectivity index (χ0n) is 12.4. The van der Waals surface area contributed by atoms with Crippen molar-refractivity contribution in [3.05, 3.63) is 0 Å². The van der Waals surface area contributed by atoms with Crippen LogP contribution in [0.25, 0.3) is 0 Å². The van der Waals surface area contributed by atoms with Crippen molar-refractivity contribution in [2.45, 2.75) is 58.5 Å². The smallest absolute Gasteiger partial charge is 0.156 e. The molecular weight excluding hydrogens is 272 g/mol. The summed E-state index contributed by atoms with van der Waals surface area (Å²) in [5, 5.41) is -0.588. The van der Waals surface area contributed by atoms with Crippen LogP contribution in [-0.4, -0.2) is 32.9 Å². The molecule has 0 saturated heterocycles. The minimum Gasteiger partial charge on any atom is -0.306 e. The van der Waals surface area contributed by atoms with Gasteiger partial charge in [0.15, 0.2) is 20.9 Å². The second-order valence-corrected chi connectivity index (χ2v) is 10.3. The molecule has 0 spiro atoms. The van der Waals surface area contributed by atoms with Crippen molar-refractivity contribution in [3.8, 4) is 0 Å². The standard InChI is InChI=1S/C12H26O4S2/c1-9(2)12(6,7)18(15,16)8-11(4,5)10(3)17(13)14/h9-10H,8H2,1-7H3,(H,13,14). The van der Waals surface area contributed by atoms with E-state index >= 15 is 0 Å². The third-order valence-electron chi connectivity index (χ3n) is 4.16. The molecule has 0 aromatic carbocycles. The number of hydrogen-bond donors (Lipinski definition) is 1. The fourth-order valence-corrected chi connectivity index (χ4v) is 4.48. The van der Waals surface area contributed by atoms with E-state index < -0.39 is 36.3 Å². The molecule has 2 unspecified atom stereocenters. The summed E-state index contributed by atoms with van der Waals surface area (Å²) in [5.74, 6) is -0.0909. The van der Waals surface area contributed by atoms with Crippen molar-refractivity contribution in [3.63, 3.8) is 0 Å². The van der Waals surface area contributed by atoms with E-state index in [1.807, 2.05) is 13.8 Å². The predicted octanol–water partition coefficient (Wildman–Crippen LogP) is 2.47. The van der Waals surface area contributed by atoms with Gasteiger partial charge in [0.05, 0.1) is 15.7 Å². The Morgan fingerprint density at radius 3 is 1.78 bits per heavy atom. The first-order chi connectivity index (χ1) is 7.75. The molecule has 1 N–H and O–H groups in total. The summed E-state index contributed by atoms with van der Waals surface area (Å²) in [4.78, 5) is 0. The summed E-state index contributed by atoms with van der Waals surface area (Å²) in [5.41, 5.74) is -0.732. The summed E-state index contributed by atoms with van der Waals surface area (Å²) in [7, 11) is -3.34. The molecule has 4 nitrogen and oxygen atoms in total. The average molecular weight is 298 g/mol. The second-order valence-electron chi connectivity index (χ2n) is 6.42. The summed E-state index contributed by atoms with van der Waals surface area (Å²) < 4.78 is 44.4. The molecule has 0 saturated carbocycles. The van der Waals surface area contributed by atoms with Gasteiger partial charge in [-0.3, -0.25) is 0 Å². The predicted molar refractivity (Wildman–Crippen MR) is 76.7 cm³/mol. The molecule has 0 fully saturated rings. The van der Waals surface area contributed by atoms with E-state index in [0.29, 0.717) is 0 Å². The first-order valence-corrected chi connectivity index (χ1v) is 8.90. The van der Waals surface area contributed by atoms with Crippen LogP contribution in [0.5, 0.6) is 0 Å². The molecule has 0 heterocycles. The van der Waals surface area contributed by atoms with Crippen LogP contribution in [0.15, 0.2) is 0 Å². The van der Waals surface area contributed by atoms with E-state index in [2.05, 4.69) is 0 Å². The van der Waals surface area contributed by atoms with Gasteiger partial charge in [-0.25, -0.2) is 12.6 Å². The van der Waals surface area contributed by atoms with Crippen LogP contribution < -0.4 is 0 Å². The maximum absolute atomic E-state index is 12.5. The topological polar surface area (TPSA) is 71.4 Å². The van der Waals surface area contributed by atoms with Crippen LogP contribution in [0.2, 0.25) is 0 Å². The maximum atomic E-state index is 12.5. The monoisotopic (exact) mass is 298 g/mol. The van der Waals surface area contributed by atoms with E-state index in [4.69, 9.17) is 4.55 Å². The molecule has 0 aliphatic heterocycles. The quantitative estimate of drug-likeness (QED) is 0.765. The van der Waals surface area contributed by atoms with Crippen LogP contribution in [0, 0.1) is 11.3 Å². The van der Waals surface area contributed by atoms with Crippen LogP contribution in [0.1, 0.15) is 48.5 Å². The van der Waals surface area contributed by atoms with Crippen molar-refractivity contribution in [1.29, 1.82) is 0 Å². The minimum absolute atomic E-state index is 0.00627. The Balaban J connectivity index is 5.29. The molecule has 0 rings (SSSR count). The Morgan fingerprint density at radius 1 is 1.11 bits per heavy atom. The van der Waals surface area contributed by atoms with Crippen LogP contribution in [-0.2, 0) is 20.9 Å². The van der Waals surface area contributed by atoms with E-state index in [1.54, 1.807) is 34.6 Å². The lowest BCUT2D eigenvalue weighted by atomic mass is 9.92. The van der Waals surface area contributed by atoms with Crippen LogP contribution in [0.3, 0.4) is 0 Å². The first-order valence-electron chi connectivity index (χ1n) is 6.07. The summed E-state index contributed by atoms with van der Waals surface area (Å²) in [6, 6.07) is 0. The Kier molecular flexibility index (Phi) is 5.61. The van der Waals surface area contributed by atoms with E-state index in [9.17, 15) is 12.6 Å². The van der Waals surface area contributed by atoms with Gasteiger partial charge in [-0.2, -0.15) is 0 Å². The first kappa shape index (κ1) is 18.1. The molecule has 0 aromatic rings. The molecule has 18 heavy (non-hydrogen) atoms. The van der Waals surface area contributed by atoms with Gasteiger partial charge in [-0.05, 0) is 32.1 Å². The maximum Gasteiger partial charge on any atom is 0.156 e. The highest BCUT2D eigenvalue weighted by atomic mass is 32.2. The van der Waals surface area contributed by atoms with Crippen molar-refractivity contribution in [1.82, 2.24) is 0 Å². The summed E-state index contributed by atoms with van der Waals surface area (Å²) >= 11 is -2.02. The Bertz CT molecular complexity index is 408. The SMILES string of the molecule is CC(S(=O)O)C(C)(C)CS(=O)(=O)C(C)(C)C(C)C. The average Bonchev–Trinajstić information content (AvgIpc) is 2.13. The lowest BCUT2D eigenvalue weighted by Crippen LogP contribution is -2.46. The van der Waals surface area contributed by atoms with Gasteiger partial charge < -0.3 is 4.55 Å². The molecule has 0 aliphatic carbocycles. The van der Waals surface area contributed by atoms with Gasteiger partial charge in [-0.1, -0.05) is 27.7 Å². The fourth-order valence-electron chi connectivity index (χ4n) is 1.43. The summed E-state index contributed by atoms with van der Waals surface area (Å²) in [6.07, 6.45) is 0. The largest absolute Gasteiger partial charge is 0.306 e. The highest BCUT2D eigenvalue weighted by Gasteiger charge is 2.43. The molecule has 0 radical (unpaired) electrons. The highest BCUT2D eigenvalue weighted by molar-refractivity contribution is 7.92. The Labute approximate surface area is 114 Å². The number of hydrogen-bond acceptors (Lipinski definition) is 3. The van der Waals surface area contributed by atoms with Crippen molar-refractivity contribution in [2.75, 3.05) is 5.75 Å². The van der Waals surface area contributed by atoms with Gasteiger partial charge in [0.1, 0.15) is 0 Å². The normalized spacial score (nSPS) is 17.8.